The van der Waals surface area contributed by atoms with E-state index in [-0.39, 0.29) is 33.0 Å². The Labute approximate surface area is 129 Å². The molecule has 0 amide bonds. The fourth-order valence-electron chi connectivity index (χ4n) is 1.73. The van der Waals surface area contributed by atoms with Crippen LogP contribution in [0.15, 0.2) is 12.1 Å². The van der Waals surface area contributed by atoms with Gasteiger partial charge in [0.1, 0.15) is 17.1 Å². The number of rotatable bonds is 7. The van der Waals surface area contributed by atoms with Gasteiger partial charge in [-0.25, -0.2) is 0 Å². The standard InChI is InChI=1S/C14H21O3P.Li/c1-5-6-7-18-14(15)13-11(16-3)8-10(2)9-12(13)17-4;/h8-9,18H,5-7H2,1-4H3;. The number of hydrogen-bond acceptors (Lipinski definition) is 3. The molecule has 0 saturated heterocycles. The summed E-state index contributed by atoms with van der Waals surface area (Å²) in [4.78, 5) is 12.2. The van der Waals surface area contributed by atoms with Gasteiger partial charge in [0.05, 0.1) is 14.2 Å². The third-order valence-corrected chi connectivity index (χ3v) is 3.87. The van der Waals surface area contributed by atoms with Crippen LogP contribution < -0.4 is 9.47 Å². The molecule has 1 aromatic carbocycles. The van der Waals surface area contributed by atoms with Crippen molar-refractivity contribution in [1.82, 2.24) is 0 Å². The van der Waals surface area contributed by atoms with E-state index in [2.05, 4.69) is 6.92 Å². The molecule has 1 aromatic rings. The summed E-state index contributed by atoms with van der Waals surface area (Å²) in [7, 11) is 3.45. The first kappa shape index (κ1) is 18.5. The zero-order valence-electron chi connectivity index (χ0n) is 12.5. The Balaban J connectivity index is 0.00000324. The molecule has 1 unspecified atom stereocenters. The van der Waals surface area contributed by atoms with E-state index in [1.165, 1.54) is 0 Å². The Morgan fingerprint density at radius 2 is 1.74 bits per heavy atom. The van der Waals surface area contributed by atoms with Crippen LogP contribution in [-0.2, 0) is 0 Å². The number of ether oxygens (including phenoxy) is 2. The molecule has 1 rings (SSSR count). The first-order valence-electron chi connectivity index (χ1n) is 6.14. The average Bonchev–Trinajstić information content (AvgIpc) is 2.37. The van der Waals surface area contributed by atoms with Gasteiger partial charge in [-0.2, -0.15) is 0 Å². The maximum Gasteiger partial charge on any atom is 0.188 e. The predicted octanol–water partition coefficient (Wildman–Crippen LogP) is 3.25. The molecule has 1 atom stereocenters. The van der Waals surface area contributed by atoms with E-state index in [4.69, 9.17) is 9.47 Å². The minimum absolute atomic E-state index is 0. The van der Waals surface area contributed by atoms with E-state index in [0.29, 0.717) is 17.1 Å². The molecule has 101 valence electrons. The van der Waals surface area contributed by atoms with Crippen LogP contribution in [-0.4, -0.2) is 44.8 Å². The molecule has 1 radical (unpaired) electrons. The first-order chi connectivity index (χ1) is 8.63. The number of hydrogen-bond donors (Lipinski definition) is 0. The third-order valence-electron chi connectivity index (χ3n) is 2.69. The molecule has 0 bridgehead atoms. The maximum absolute atomic E-state index is 12.2. The van der Waals surface area contributed by atoms with E-state index in [1.54, 1.807) is 14.2 Å². The van der Waals surface area contributed by atoms with Gasteiger partial charge in [0, 0.05) is 18.9 Å². The Morgan fingerprint density at radius 1 is 1.21 bits per heavy atom. The topological polar surface area (TPSA) is 35.5 Å². The van der Waals surface area contributed by atoms with Crippen molar-refractivity contribution < 1.29 is 14.3 Å². The minimum Gasteiger partial charge on any atom is -0.496 e. The van der Waals surface area contributed by atoms with Gasteiger partial charge in [0.25, 0.3) is 0 Å². The molecule has 0 aromatic heterocycles. The van der Waals surface area contributed by atoms with E-state index < -0.39 is 0 Å². The smallest absolute Gasteiger partial charge is 0.188 e. The summed E-state index contributed by atoms with van der Waals surface area (Å²) in [6.07, 6.45) is 3.14. The Morgan fingerprint density at radius 3 is 2.16 bits per heavy atom. The summed E-state index contributed by atoms with van der Waals surface area (Å²) in [6.45, 7) is 4.08. The Bertz CT molecular complexity index is 396. The average molecular weight is 275 g/mol. The van der Waals surface area contributed by atoms with Crippen molar-refractivity contribution in [3.8, 4) is 11.5 Å². The molecule has 0 fully saturated rings. The van der Waals surface area contributed by atoms with E-state index >= 15 is 0 Å². The molecule has 0 aliphatic rings. The fourth-order valence-corrected chi connectivity index (χ4v) is 2.91. The van der Waals surface area contributed by atoms with E-state index in [1.807, 2.05) is 19.1 Å². The molecule has 0 heterocycles. The molecule has 0 aliphatic heterocycles. The summed E-state index contributed by atoms with van der Waals surface area (Å²) in [5.41, 5.74) is 1.73. The van der Waals surface area contributed by atoms with Gasteiger partial charge in [0.2, 0.25) is 0 Å². The second-order valence-corrected chi connectivity index (χ2v) is 5.46. The van der Waals surface area contributed by atoms with Crippen molar-refractivity contribution in [3.63, 3.8) is 0 Å². The van der Waals surface area contributed by atoms with Crippen LogP contribution in [0.2, 0.25) is 0 Å². The van der Waals surface area contributed by atoms with Crippen LogP contribution in [0, 0.1) is 6.92 Å². The molecule has 0 N–H and O–H groups in total. The van der Waals surface area contributed by atoms with Crippen molar-refractivity contribution >= 4 is 33.0 Å². The van der Waals surface area contributed by atoms with Gasteiger partial charge in [0.15, 0.2) is 5.52 Å². The van der Waals surface area contributed by atoms with Crippen molar-refractivity contribution in [1.29, 1.82) is 0 Å². The number of aryl methyl sites for hydroxylation is 1. The van der Waals surface area contributed by atoms with Crippen molar-refractivity contribution in [3.05, 3.63) is 23.3 Å². The SMILES string of the molecule is CCCCPC(=O)c1c(OC)cc(C)cc1OC.[Li]. The first-order valence-corrected chi connectivity index (χ1v) is 7.35. The van der Waals surface area contributed by atoms with E-state index in [9.17, 15) is 4.79 Å². The molecular formula is C14H21LiO3P. The third kappa shape index (κ3) is 5.19. The van der Waals surface area contributed by atoms with Gasteiger partial charge >= 0.3 is 0 Å². The Kier molecular flexibility index (Phi) is 9.19. The second kappa shape index (κ2) is 9.43. The zero-order chi connectivity index (χ0) is 13.5. The number of benzene rings is 1. The van der Waals surface area contributed by atoms with Crippen LogP contribution in [0.1, 0.15) is 35.7 Å². The molecule has 19 heavy (non-hydrogen) atoms. The minimum atomic E-state index is 0. The monoisotopic (exact) mass is 275 g/mol. The molecule has 5 heteroatoms. The van der Waals surface area contributed by atoms with Crippen molar-refractivity contribution in [2.24, 2.45) is 0 Å². The van der Waals surface area contributed by atoms with Gasteiger partial charge in [-0.15, -0.1) is 0 Å². The molecule has 3 nitrogen and oxygen atoms in total. The maximum atomic E-state index is 12.2. The molecule has 0 aliphatic carbocycles. The quantitative estimate of drug-likeness (QED) is 0.435. The van der Waals surface area contributed by atoms with Gasteiger partial charge < -0.3 is 9.47 Å². The van der Waals surface area contributed by atoms with Gasteiger partial charge in [-0.05, 0) is 45.8 Å². The predicted molar refractivity (Wildman–Crippen MR) is 82.5 cm³/mol. The number of carbonyl (C=O) groups excluding carboxylic acids is 1. The number of methoxy groups -OCH3 is 2. The molecule has 0 spiro atoms. The summed E-state index contributed by atoms with van der Waals surface area (Å²) in [6, 6.07) is 3.75. The summed E-state index contributed by atoms with van der Waals surface area (Å²) in [5.74, 6) is 1.22. The van der Waals surface area contributed by atoms with Crippen molar-refractivity contribution in [2.45, 2.75) is 26.7 Å². The molecule has 0 saturated carbocycles. The second-order valence-electron chi connectivity index (χ2n) is 4.15. The number of unbranched alkanes of at least 4 members (excludes halogenated alkanes) is 1. The van der Waals surface area contributed by atoms with Crippen LogP contribution >= 0.6 is 8.58 Å². The number of carbonyl (C=O) groups is 1. The van der Waals surface area contributed by atoms with Crippen LogP contribution in [0.5, 0.6) is 11.5 Å². The van der Waals surface area contributed by atoms with Gasteiger partial charge in [-0.1, -0.05) is 13.3 Å². The fraction of sp³-hybridized carbons (Fsp3) is 0.500. The van der Waals surface area contributed by atoms with E-state index in [0.717, 1.165) is 24.6 Å². The van der Waals surface area contributed by atoms with Crippen LogP contribution in [0.4, 0.5) is 0 Å². The largest absolute Gasteiger partial charge is 0.496 e. The Hall–Kier alpha value is -0.483. The summed E-state index contributed by atoms with van der Waals surface area (Å²) in [5, 5.41) is 0. The van der Waals surface area contributed by atoms with Gasteiger partial charge in [-0.3, -0.25) is 4.79 Å². The van der Waals surface area contributed by atoms with Crippen molar-refractivity contribution in [2.75, 3.05) is 20.4 Å². The summed E-state index contributed by atoms with van der Waals surface area (Å²) < 4.78 is 10.6. The summed E-state index contributed by atoms with van der Waals surface area (Å²) >= 11 is 0. The van der Waals surface area contributed by atoms with Crippen LogP contribution in [0.3, 0.4) is 0 Å². The zero-order valence-corrected chi connectivity index (χ0v) is 13.5. The molecular weight excluding hydrogens is 254 g/mol. The normalized spacial score (nSPS) is 10.3. The van der Waals surface area contributed by atoms with Crippen LogP contribution in [0.25, 0.3) is 0 Å².